The summed E-state index contributed by atoms with van der Waals surface area (Å²) in [5.74, 6) is 1.06. The van der Waals surface area contributed by atoms with Gasteiger partial charge in [0.25, 0.3) is 0 Å². The molecule has 19 heavy (non-hydrogen) atoms. The van der Waals surface area contributed by atoms with Crippen molar-refractivity contribution < 1.29 is 9.53 Å². The molecule has 0 bridgehead atoms. The average Bonchev–Trinajstić information content (AvgIpc) is 2.48. The third kappa shape index (κ3) is 3.22. The lowest BCUT2D eigenvalue weighted by atomic mass is 10.0. The molecule has 2 nitrogen and oxygen atoms in total. The van der Waals surface area contributed by atoms with Gasteiger partial charge in [0.2, 0.25) is 0 Å². The SMILES string of the molecule is CCCC(=O)c1ccc(-c2ccc(OC)cc2)cc1. The molecule has 0 aromatic heterocycles. The van der Waals surface area contributed by atoms with Crippen LogP contribution in [0.1, 0.15) is 30.1 Å². The first-order valence-electron chi connectivity index (χ1n) is 6.52. The fourth-order valence-electron chi connectivity index (χ4n) is 2.00. The highest BCUT2D eigenvalue weighted by Crippen LogP contribution is 2.23. The molecule has 2 aromatic rings. The topological polar surface area (TPSA) is 26.3 Å². The van der Waals surface area contributed by atoms with Crippen molar-refractivity contribution >= 4 is 5.78 Å². The van der Waals surface area contributed by atoms with Crippen molar-refractivity contribution in [3.05, 3.63) is 54.1 Å². The van der Waals surface area contributed by atoms with E-state index < -0.39 is 0 Å². The van der Waals surface area contributed by atoms with E-state index in [0.29, 0.717) is 6.42 Å². The molecule has 0 saturated carbocycles. The van der Waals surface area contributed by atoms with Gasteiger partial charge >= 0.3 is 0 Å². The smallest absolute Gasteiger partial charge is 0.162 e. The molecular weight excluding hydrogens is 236 g/mol. The maximum absolute atomic E-state index is 11.8. The summed E-state index contributed by atoms with van der Waals surface area (Å²) in [5.41, 5.74) is 3.02. The quantitative estimate of drug-likeness (QED) is 0.742. The van der Waals surface area contributed by atoms with E-state index in [1.807, 2.05) is 55.5 Å². The van der Waals surface area contributed by atoms with Gasteiger partial charge in [-0.3, -0.25) is 4.79 Å². The first-order chi connectivity index (χ1) is 9.24. The Bertz CT molecular complexity index is 538. The Kier molecular flexibility index (Phi) is 4.35. The van der Waals surface area contributed by atoms with Crippen LogP contribution < -0.4 is 4.74 Å². The zero-order chi connectivity index (χ0) is 13.7. The molecule has 0 atom stereocenters. The van der Waals surface area contributed by atoms with E-state index in [1.54, 1.807) is 7.11 Å². The summed E-state index contributed by atoms with van der Waals surface area (Å²) in [6.45, 7) is 2.02. The van der Waals surface area contributed by atoms with E-state index in [2.05, 4.69) is 0 Å². The first kappa shape index (κ1) is 13.3. The van der Waals surface area contributed by atoms with E-state index in [9.17, 15) is 4.79 Å². The molecule has 0 saturated heterocycles. The van der Waals surface area contributed by atoms with Gasteiger partial charge in [-0.2, -0.15) is 0 Å². The van der Waals surface area contributed by atoms with Gasteiger partial charge in [-0.25, -0.2) is 0 Å². The van der Waals surface area contributed by atoms with Gasteiger partial charge in [-0.1, -0.05) is 43.3 Å². The molecule has 0 aliphatic carbocycles. The molecule has 98 valence electrons. The predicted octanol–water partition coefficient (Wildman–Crippen LogP) is 4.35. The monoisotopic (exact) mass is 254 g/mol. The molecular formula is C17H18O2. The van der Waals surface area contributed by atoms with Gasteiger partial charge in [0.15, 0.2) is 5.78 Å². The molecule has 0 spiro atoms. The van der Waals surface area contributed by atoms with Crippen molar-refractivity contribution in [2.24, 2.45) is 0 Å². The van der Waals surface area contributed by atoms with Crippen LogP contribution in [0, 0.1) is 0 Å². The average molecular weight is 254 g/mol. The molecule has 0 amide bonds. The highest BCUT2D eigenvalue weighted by molar-refractivity contribution is 5.96. The van der Waals surface area contributed by atoms with Crippen molar-refractivity contribution in [1.82, 2.24) is 0 Å². The van der Waals surface area contributed by atoms with E-state index in [0.717, 1.165) is 28.9 Å². The Morgan fingerprint density at radius 3 is 1.95 bits per heavy atom. The molecule has 2 rings (SSSR count). The van der Waals surface area contributed by atoms with Crippen molar-refractivity contribution in [1.29, 1.82) is 0 Å². The third-order valence-electron chi connectivity index (χ3n) is 3.11. The Morgan fingerprint density at radius 1 is 0.947 bits per heavy atom. The van der Waals surface area contributed by atoms with Crippen LogP contribution in [0.25, 0.3) is 11.1 Å². The highest BCUT2D eigenvalue weighted by Gasteiger charge is 2.05. The molecule has 0 fully saturated rings. The second-order valence-electron chi connectivity index (χ2n) is 4.48. The summed E-state index contributed by atoms with van der Waals surface area (Å²) in [7, 11) is 1.66. The molecule has 0 N–H and O–H groups in total. The van der Waals surface area contributed by atoms with Gasteiger partial charge in [0, 0.05) is 12.0 Å². The number of benzene rings is 2. The van der Waals surface area contributed by atoms with Crippen LogP contribution >= 0.6 is 0 Å². The fraction of sp³-hybridized carbons (Fsp3) is 0.235. The van der Waals surface area contributed by atoms with E-state index in [1.165, 1.54) is 0 Å². The standard InChI is InChI=1S/C17H18O2/c1-3-4-17(18)15-7-5-13(6-8-15)14-9-11-16(19-2)12-10-14/h5-12H,3-4H2,1-2H3. The Hall–Kier alpha value is -2.09. The summed E-state index contributed by atoms with van der Waals surface area (Å²) in [6.07, 6.45) is 1.50. The van der Waals surface area contributed by atoms with Crippen LogP contribution in [0.4, 0.5) is 0 Å². The number of rotatable bonds is 5. The van der Waals surface area contributed by atoms with Crippen molar-refractivity contribution in [3.8, 4) is 16.9 Å². The normalized spacial score (nSPS) is 10.2. The second kappa shape index (κ2) is 6.19. The van der Waals surface area contributed by atoms with Crippen molar-refractivity contribution in [3.63, 3.8) is 0 Å². The summed E-state index contributed by atoms with van der Waals surface area (Å²) in [4.78, 5) is 11.8. The molecule has 0 aliphatic heterocycles. The second-order valence-corrected chi connectivity index (χ2v) is 4.48. The largest absolute Gasteiger partial charge is 0.497 e. The number of ether oxygens (including phenoxy) is 1. The Balaban J connectivity index is 2.19. The lowest BCUT2D eigenvalue weighted by molar-refractivity contribution is 0.0982. The minimum Gasteiger partial charge on any atom is -0.497 e. The van der Waals surface area contributed by atoms with Crippen molar-refractivity contribution in [2.75, 3.05) is 7.11 Å². The van der Waals surface area contributed by atoms with Gasteiger partial charge in [-0.05, 0) is 29.7 Å². The van der Waals surface area contributed by atoms with Gasteiger partial charge in [-0.15, -0.1) is 0 Å². The van der Waals surface area contributed by atoms with Gasteiger partial charge < -0.3 is 4.74 Å². The first-order valence-corrected chi connectivity index (χ1v) is 6.52. The van der Waals surface area contributed by atoms with E-state index in [4.69, 9.17) is 4.74 Å². The van der Waals surface area contributed by atoms with Crippen LogP contribution in [0.2, 0.25) is 0 Å². The summed E-state index contributed by atoms with van der Waals surface area (Å²) < 4.78 is 5.14. The number of ketones is 1. The Morgan fingerprint density at radius 2 is 1.47 bits per heavy atom. The lowest BCUT2D eigenvalue weighted by Gasteiger charge is -2.05. The molecule has 2 aromatic carbocycles. The molecule has 0 heterocycles. The van der Waals surface area contributed by atoms with Gasteiger partial charge in [0.1, 0.15) is 5.75 Å². The lowest BCUT2D eigenvalue weighted by Crippen LogP contribution is -1.97. The van der Waals surface area contributed by atoms with Crippen LogP contribution in [-0.2, 0) is 0 Å². The number of carbonyl (C=O) groups excluding carboxylic acids is 1. The van der Waals surface area contributed by atoms with Crippen LogP contribution in [0.15, 0.2) is 48.5 Å². The maximum Gasteiger partial charge on any atom is 0.162 e. The maximum atomic E-state index is 11.8. The summed E-state index contributed by atoms with van der Waals surface area (Å²) in [5, 5.41) is 0. The molecule has 0 aliphatic rings. The highest BCUT2D eigenvalue weighted by atomic mass is 16.5. The molecule has 0 unspecified atom stereocenters. The van der Waals surface area contributed by atoms with Crippen molar-refractivity contribution in [2.45, 2.75) is 19.8 Å². The number of hydrogen-bond donors (Lipinski definition) is 0. The van der Waals surface area contributed by atoms with Crippen LogP contribution in [-0.4, -0.2) is 12.9 Å². The van der Waals surface area contributed by atoms with Crippen LogP contribution in [0.3, 0.4) is 0 Å². The summed E-state index contributed by atoms with van der Waals surface area (Å²) in [6, 6.07) is 15.7. The third-order valence-corrected chi connectivity index (χ3v) is 3.11. The minimum atomic E-state index is 0.212. The van der Waals surface area contributed by atoms with E-state index in [-0.39, 0.29) is 5.78 Å². The van der Waals surface area contributed by atoms with E-state index >= 15 is 0 Å². The predicted molar refractivity (Wildman–Crippen MR) is 77.7 cm³/mol. The fourth-order valence-corrected chi connectivity index (χ4v) is 2.00. The Labute approximate surface area is 114 Å². The summed E-state index contributed by atoms with van der Waals surface area (Å²) >= 11 is 0. The zero-order valence-electron chi connectivity index (χ0n) is 11.3. The number of methoxy groups -OCH3 is 1. The zero-order valence-corrected chi connectivity index (χ0v) is 11.3. The van der Waals surface area contributed by atoms with Gasteiger partial charge in [0.05, 0.1) is 7.11 Å². The molecule has 2 heteroatoms. The number of hydrogen-bond acceptors (Lipinski definition) is 2. The number of carbonyl (C=O) groups is 1. The minimum absolute atomic E-state index is 0.212. The number of Topliss-reactive ketones (excluding diaryl/α,β-unsaturated/α-hetero) is 1. The van der Waals surface area contributed by atoms with Crippen LogP contribution in [0.5, 0.6) is 5.75 Å². The molecule has 0 radical (unpaired) electrons.